The second kappa shape index (κ2) is 4.62. The Labute approximate surface area is 114 Å². The molecule has 5 nitrogen and oxygen atoms in total. The first-order valence-electron chi connectivity index (χ1n) is 6.14. The minimum Gasteiger partial charge on any atom is -0.399 e. The minimum absolute atomic E-state index is 0.0481. The van der Waals surface area contributed by atoms with Gasteiger partial charge in [-0.25, -0.2) is 0 Å². The van der Waals surface area contributed by atoms with Crippen LogP contribution in [0, 0.1) is 12.8 Å². The normalized spacial score (nSPS) is 14.4. The molecule has 0 radical (unpaired) electrons. The van der Waals surface area contributed by atoms with Gasteiger partial charge >= 0.3 is 0 Å². The Kier molecular flexibility index (Phi) is 2.94. The number of carbonyl (C=O) groups excluding carboxylic acids is 1. The Morgan fingerprint density at radius 2 is 2.21 bits per heavy atom. The van der Waals surface area contributed by atoms with Crippen LogP contribution in [0.25, 0.3) is 10.6 Å². The summed E-state index contributed by atoms with van der Waals surface area (Å²) in [7, 11) is 0. The monoisotopic (exact) mass is 274 g/mol. The molecular formula is C13H14N4OS. The topological polar surface area (TPSA) is 80.9 Å². The van der Waals surface area contributed by atoms with Gasteiger partial charge in [0.1, 0.15) is 5.01 Å². The SMILES string of the molecule is Cc1ccc(N)cc1-c1nnc(NC(=O)C2CC2)s1. The maximum absolute atomic E-state index is 11.6. The van der Waals surface area contributed by atoms with E-state index < -0.39 is 0 Å². The number of benzene rings is 1. The molecule has 0 aliphatic heterocycles. The Bertz CT molecular complexity index is 633. The zero-order chi connectivity index (χ0) is 13.4. The molecule has 3 rings (SSSR count). The number of anilines is 2. The van der Waals surface area contributed by atoms with Crippen molar-refractivity contribution in [1.29, 1.82) is 0 Å². The maximum Gasteiger partial charge on any atom is 0.229 e. The molecular weight excluding hydrogens is 260 g/mol. The summed E-state index contributed by atoms with van der Waals surface area (Å²) in [5, 5.41) is 12.3. The van der Waals surface area contributed by atoms with Crippen molar-refractivity contribution >= 4 is 28.1 Å². The number of nitrogen functional groups attached to an aromatic ring is 1. The number of nitrogens with one attached hydrogen (secondary N) is 1. The Morgan fingerprint density at radius 3 is 2.95 bits per heavy atom. The molecule has 0 unspecified atom stereocenters. The molecule has 0 bridgehead atoms. The summed E-state index contributed by atoms with van der Waals surface area (Å²) >= 11 is 1.37. The molecule has 1 amide bonds. The summed E-state index contributed by atoms with van der Waals surface area (Å²) < 4.78 is 0. The van der Waals surface area contributed by atoms with Crippen LogP contribution in [0.15, 0.2) is 18.2 Å². The van der Waals surface area contributed by atoms with E-state index in [4.69, 9.17) is 5.73 Å². The van der Waals surface area contributed by atoms with Gasteiger partial charge in [-0.1, -0.05) is 17.4 Å². The van der Waals surface area contributed by atoms with Crippen LogP contribution in [0.3, 0.4) is 0 Å². The van der Waals surface area contributed by atoms with Gasteiger partial charge in [0.05, 0.1) is 0 Å². The quantitative estimate of drug-likeness (QED) is 0.842. The van der Waals surface area contributed by atoms with Crippen molar-refractivity contribution in [2.24, 2.45) is 5.92 Å². The highest BCUT2D eigenvalue weighted by atomic mass is 32.1. The predicted octanol–water partition coefficient (Wildman–Crippen LogP) is 2.44. The van der Waals surface area contributed by atoms with E-state index in [2.05, 4.69) is 15.5 Å². The number of hydrogen-bond donors (Lipinski definition) is 2. The molecule has 0 saturated heterocycles. The molecule has 98 valence electrons. The van der Waals surface area contributed by atoms with Crippen molar-refractivity contribution < 1.29 is 4.79 Å². The number of hydrogen-bond acceptors (Lipinski definition) is 5. The molecule has 1 fully saturated rings. The average Bonchev–Trinajstić information content (AvgIpc) is 3.14. The summed E-state index contributed by atoms with van der Waals surface area (Å²) in [6, 6.07) is 5.69. The Balaban J connectivity index is 1.83. The van der Waals surface area contributed by atoms with Crippen molar-refractivity contribution in [1.82, 2.24) is 10.2 Å². The largest absolute Gasteiger partial charge is 0.399 e. The van der Waals surface area contributed by atoms with Crippen LogP contribution in [0.1, 0.15) is 18.4 Å². The van der Waals surface area contributed by atoms with E-state index in [1.807, 2.05) is 25.1 Å². The van der Waals surface area contributed by atoms with Crippen LogP contribution in [0.5, 0.6) is 0 Å². The number of nitrogens with zero attached hydrogens (tertiary/aromatic N) is 2. The van der Waals surface area contributed by atoms with Crippen LogP contribution in [-0.2, 0) is 4.79 Å². The molecule has 0 atom stereocenters. The third kappa shape index (κ3) is 2.58. The summed E-state index contributed by atoms with van der Waals surface area (Å²) in [6.45, 7) is 2.00. The van der Waals surface area contributed by atoms with E-state index in [1.54, 1.807) is 0 Å². The predicted molar refractivity (Wildman–Crippen MR) is 75.8 cm³/mol. The number of carbonyl (C=O) groups is 1. The molecule has 1 aliphatic rings. The zero-order valence-corrected chi connectivity index (χ0v) is 11.3. The van der Waals surface area contributed by atoms with Crippen molar-refractivity contribution in [3.63, 3.8) is 0 Å². The Morgan fingerprint density at radius 1 is 1.42 bits per heavy atom. The van der Waals surface area contributed by atoms with E-state index in [0.29, 0.717) is 10.8 Å². The van der Waals surface area contributed by atoms with Gasteiger partial charge in [0, 0.05) is 17.2 Å². The number of rotatable bonds is 3. The maximum atomic E-state index is 11.6. The van der Waals surface area contributed by atoms with Crippen LogP contribution < -0.4 is 11.1 Å². The van der Waals surface area contributed by atoms with Gasteiger partial charge < -0.3 is 11.1 Å². The highest BCUT2D eigenvalue weighted by Gasteiger charge is 2.30. The average molecular weight is 274 g/mol. The summed E-state index contributed by atoms with van der Waals surface area (Å²) in [5.74, 6) is 0.216. The van der Waals surface area contributed by atoms with E-state index in [0.717, 1.165) is 29.0 Å². The van der Waals surface area contributed by atoms with Gasteiger partial charge in [0.15, 0.2) is 0 Å². The number of aromatic nitrogens is 2. The van der Waals surface area contributed by atoms with Gasteiger partial charge in [0.2, 0.25) is 11.0 Å². The molecule has 19 heavy (non-hydrogen) atoms. The fraction of sp³-hybridized carbons (Fsp3) is 0.308. The first-order chi connectivity index (χ1) is 9.13. The lowest BCUT2D eigenvalue weighted by Gasteiger charge is -2.02. The minimum atomic E-state index is 0.0481. The molecule has 1 aromatic carbocycles. The second-order valence-electron chi connectivity index (χ2n) is 4.75. The lowest BCUT2D eigenvalue weighted by Crippen LogP contribution is -2.12. The van der Waals surface area contributed by atoms with E-state index in [9.17, 15) is 4.79 Å². The van der Waals surface area contributed by atoms with Crippen molar-refractivity contribution in [2.45, 2.75) is 19.8 Å². The van der Waals surface area contributed by atoms with Gasteiger partial charge in [-0.2, -0.15) is 0 Å². The van der Waals surface area contributed by atoms with Gasteiger partial charge in [-0.05, 0) is 37.5 Å². The van der Waals surface area contributed by atoms with Crippen molar-refractivity contribution in [3.8, 4) is 10.6 Å². The molecule has 1 aliphatic carbocycles. The van der Waals surface area contributed by atoms with Crippen LogP contribution in [0.2, 0.25) is 0 Å². The highest BCUT2D eigenvalue weighted by molar-refractivity contribution is 7.18. The first-order valence-corrected chi connectivity index (χ1v) is 6.96. The molecule has 2 aromatic rings. The van der Waals surface area contributed by atoms with Gasteiger partial charge in [0.25, 0.3) is 0 Å². The molecule has 3 N–H and O–H groups in total. The third-order valence-electron chi connectivity index (χ3n) is 3.10. The summed E-state index contributed by atoms with van der Waals surface area (Å²) in [5.41, 5.74) is 8.53. The molecule has 0 spiro atoms. The van der Waals surface area contributed by atoms with Crippen LogP contribution in [-0.4, -0.2) is 16.1 Å². The van der Waals surface area contributed by atoms with Crippen LogP contribution >= 0.6 is 11.3 Å². The molecule has 1 heterocycles. The van der Waals surface area contributed by atoms with E-state index >= 15 is 0 Å². The van der Waals surface area contributed by atoms with Crippen molar-refractivity contribution in [3.05, 3.63) is 23.8 Å². The lowest BCUT2D eigenvalue weighted by atomic mass is 10.1. The molecule has 6 heteroatoms. The first kappa shape index (κ1) is 12.1. The third-order valence-corrected chi connectivity index (χ3v) is 3.97. The number of aryl methyl sites for hydroxylation is 1. The second-order valence-corrected chi connectivity index (χ2v) is 5.73. The highest BCUT2D eigenvalue weighted by Crippen LogP contribution is 2.33. The zero-order valence-electron chi connectivity index (χ0n) is 10.5. The molecule has 1 aromatic heterocycles. The number of amides is 1. The Hall–Kier alpha value is -1.95. The van der Waals surface area contributed by atoms with Gasteiger partial charge in [-0.15, -0.1) is 10.2 Å². The van der Waals surface area contributed by atoms with Crippen LogP contribution in [0.4, 0.5) is 10.8 Å². The fourth-order valence-corrected chi connectivity index (χ4v) is 2.63. The fourth-order valence-electron chi connectivity index (χ4n) is 1.81. The van der Waals surface area contributed by atoms with E-state index in [1.165, 1.54) is 11.3 Å². The summed E-state index contributed by atoms with van der Waals surface area (Å²) in [4.78, 5) is 11.6. The summed E-state index contributed by atoms with van der Waals surface area (Å²) in [6.07, 6.45) is 1.96. The van der Waals surface area contributed by atoms with E-state index in [-0.39, 0.29) is 11.8 Å². The lowest BCUT2D eigenvalue weighted by molar-refractivity contribution is -0.117. The standard InChI is InChI=1S/C13H14N4OS/c1-7-2-5-9(14)6-10(7)12-16-17-13(19-12)15-11(18)8-3-4-8/h2,5-6,8H,3-4,14H2,1H3,(H,15,17,18). The van der Waals surface area contributed by atoms with Gasteiger partial charge in [-0.3, -0.25) is 4.79 Å². The van der Waals surface area contributed by atoms with Crippen molar-refractivity contribution in [2.75, 3.05) is 11.1 Å². The number of nitrogens with two attached hydrogens (primary N) is 1. The molecule has 1 saturated carbocycles. The smallest absolute Gasteiger partial charge is 0.229 e.